The Morgan fingerprint density at radius 3 is 1.43 bits per heavy atom. The van der Waals surface area contributed by atoms with E-state index in [0.29, 0.717) is 34.0 Å². The Morgan fingerprint density at radius 2 is 0.902 bits per heavy atom. The molecule has 61 heavy (non-hydrogen) atoms. The first-order chi connectivity index (χ1) is 29.8. The summed E-state index contributed by atoms with van der Waals surface area (Å²) in [6.45, 7) is 4.92. The summed E-state index contributed by atoms with van der Waals surface area (Å²) in [6, 6.07) is 58.7. The first-order valence-corrected chi connectivity index (χ1v) is 21.5. The van der Waals surface area contributed by atoms with E-state index in [-0.39, 0.29) is 0 Å². The molecule has 0 saturated heterocycles. The average molecular weight is 788 g/mol. The molecule has 0 spiro atoms. The lowest BCUT2D eigenvalue weighted by molar-refractivity contribution is 0.0780. The van der Waals surface area contributed by atoms with Crippen LogP contribution in [0.5, 0.6) is 0 Å². The van der Waals surface area contributed by atoms with Gasteiger partial charge in [0.15, 0.2) is 17.5 Å². The van der Waals surface area contributed by atoms with Gasteiger partial charge in [0, 0.05) is 16.7 Å². The lowest BCUT2D eigenvalue weighted by Crippen LogP contribution is -2.42. The lowest BCUT2D eigenvalue weighted by Gasteiger charge is -2.50. The minimum Gasteiger partial charge on any atom is -0.208 e. The van der Waals surface area contributed by atoms with Gasteiger partial charge in [-0.1, -0.05) is 129 Å². The molecule has 1 aromatic heterocycles. The van der Waals surface area contributed by atoms with Crippen LogP contribution in [0.3, 0.4) is 0 Å². The van der Waals surface area contributed by atoms with Crippen molar-refractivity contribution >= 4 is 10.8 Å². The van der Waals surface area contributed by atoms with Gasteiger partial charge in [-0.05, 0) is 147 Å². The molecule has 0 radical (unpaired) electrons. The fourth-order valence-corrected chi connectivity index (χ4v) is 10.7. The van der Waals surface area contributed by atoms with Crippen LogP contribution in [-0.4, -0.2) is 15.0 Å². The number of fused-ring (bicyclic) bond motifs is 3. The SMILES string of the molecule is C[C@@H]1C[C@@H]2C[C@H](C)CC(c3ccc(-c4ccc(-c5nc(-c6cccc(-c7ccc(C#N)cc7)c6)nc(-c6cccc(-c7ccc(C#N)cc7)c6)n5)c5ccccc45)cc3)(C1)C2. The second kappa shape index (κ2) is 15.8. The molecule has 2 aliphatic rings. The monoisotopic (exact) mass is 787 g/mol. The predicted molar refractivity (Wildman–Crippen MR) is 246 cm³/mol. The van der Waals surface area contributed by atoms with Gasteiger partial charge in [-0.2, -0.15) is 10.5 Å². The van der Waals surface area contributed by atoms with Crippen molar-refractivity contribution in [1.82, 2.24) is 15.0 Å². The average Bonchev–Trinajstić information content (AvgIpc) is 3.31. The van der Waals surface area contributed by atoms with Crippen LogP contribution in [0.1, 0.15) is 62.6 Å². The van der Waals surface area contributed by atoms with E-state index in [1.165, 1.54) is 48.8 Å². The van der Waals surface area contributed by atoms with Gasteiger partial charge in [0.25, 0.3) is 0 Å². The Hall–Kier alpha value is -7.21. The van der Waals surface area contributed by atoms with E-state index >= 15 is 0 Å². The smallest absolute Gasteiger partial charge is 0.164 e. The Labute approximate surface area is 358 Å². The summed E-state index contributed by atoms with van der Waals surface area (Å²) in [5, 5.41) is 21.0. The zero-order valence-corrected chi connectivity index (χ0v) is 34.5. The number of rotatable bonds is 7. The topological polar surface area (TPSA) is 86.2 Å². The maximum Gasteiger partial charge on any atom is 0.164 e. The van der Waals surface area contributed by atoms with Crippen molar-refractivity contribution in [3.05, 3.63) is 174 Å². The molecule has 0 aliphatic heterocycles. The summed E-state index contributed by atoms with van der Waals surface area (Å²) in [5.74, 6) is 4.13. The van der Waals surface area contributed by atoms with Crippen molar-refractivity contribution in [3.8, 4) is 79.7 Å². The fraction of sp³-hybridized carbons (Fsp3) is 0.196. The van der Waals surface area contributed by atoms with E-state index < -0.39 is 0 Å². The molecule has 5 nitrogen and oxygen atoms in total. The molecule has 4 atom stereocenters. The van der Waals surface area contributed by atoms with Crippen LogP contribution in [0.4, 0.5) is 0 Å². The third kappa shape index (κ3) is 7.39. The Kier molecular flexibility index (Phi) is 9.82. The van der Waals surface area contributed by atoms with E-state index in [1.807, 2.05) is 72.8 Å². The van der Waals surface area contributed by atoms with E-state index in [1.54, 1.807) is 0 Å². The third-order valence-electron chi connectivity index (χ3n) is 13.2. The number of nitriles is 2. The minimum absolute atomic E-state index is 0.293. The second-order valence-electron chi connectivity index (χ2n) is 17.6. The molecule has 1 heterocycles. The lowest BCUT2D eigenvalue weighted by atomic mass is 9.54. The van der Waals surface area contributed by atoms with Crippen molar-refractivity contribution in [2.45, 2.75) is 51.4 Å². The van der Waals surface area contributed by atoms with Crippen molar-refractivity contribution in [2.75, 3.05) is 0 Å². The van der Waals surface area contributed by atoms with Crippen LogP contribution in [0.15, 0.2) is 158 Å². The van der Waals surface area contributed by atoms with Crippen molar-refractivity contribution in [1.29, 1.82) is 10.5 Å². The summed E-state index contributed by atoms with van der Waals surface area (Å²) in [6.07, 6.45) is 6.67. The summed E-state index contributed by atoms with van der Waals surface area (Å²) in [4.78, 5) is 15.6. The number of benzene rings is 7. The molecule has 8 aromatic rings. The van der Waals surface area contributed by atoms with Gasteiger partial charge in [-0.15, -0.1) is 0 Å². The normalized spacial score (nSPS) is 19.5. The van der Waals surface area contributed by atoms with Crippen LogP contribution in [-0.2, 0) is 5.41 Å². The van der Waals surface area contributed by atoms with Crippen molar-refractivity contribution in [2.24, 2.45) is 17.8 Å². The van der Waals surface area contributed by atoms with Crippen molar-refractivity contribution in [3.63, 3.8) is 0 Å². The number of nitrogens with zero attached hydrogens (tertiary/aromatic N) is 5. The molecule has 0 N–H and O–H groups in total. The zero-order chi connectivity index (χ0) is 41.5. The molecule has 1 unspecified atom stereocenters. The molecule has 7 aromatic carbocycles. The van der Waals surface area contributed by atoms with E-state index in [2.05, 4.69) is 111 Å². The molecule has 294 valence electrons. The fourth-order valence-electron chi connectivity index (χ4n) is 10.7. The summed E-state index contributed by atoms with van der Waals surface area (Å²) >= 11 is 0. The first kappa shape index (κ1) is 38.0. The highest BCUT2D eigenvalue weighted by atomic mass is 15.0. The third-order valence-corrected chi connectivity index (χ3v) is 13.2. The van der Waals surface area contributed by atoms with E-state index in [9.17, 15) is 10.5 Å². The maximum absolute atomic E-state index is 9.39. The van der Waals surface area contributed by atoms with E-state index in [4.69, 9.17) is 15.0 Å². The standard InChI is InChI=1S/C56H45N5/c1-36-27-40-28-37(2)32-56(31-36,33-40)48-23-21-43(22-24-48)49-25-26-52(51-12-4-3-11-50(49)51)55-60-53(46-9-5-7-44(29-46)41-17-13-38(34-57)14-18-41)59-54(61-55)47-10-6-8-45(30-47)42-19-15-39(35-58)16-20-42/h3-26,29-30,36-37,40H,27-28,31-33H2,1-2H3/t36-,37+,40-,56?. The highest BCUT2D eigenvalue weighted by Crippen LogP contribution is 2.54. The van der Waals surface area contributed by atoms with E-state index in [0.717, 1.165) is 67.5 Å². The Bertz CT molecular complexity index is 2870. The zero-order valence-electron chi connectivity index (χ0n) is 34.5. The van der Waals surface area contributed by atoms with Crippen LogP contribution in [0, 0.1) is 40.4 Å². The summed E-state index contributed by atoms with van der Waals surface area (Å²) in [7, 11) is 0. The van der Waals surface area contributed by atoms with Crippen molar-refractivity contribution < 1.29 is 0 Å². The van der Waals surface area contributed by atoms with Gasteiger partial charge in [0.05, 0.1) is 23.3 Å². The van der Waals surface area contributed by atoms with Gasteiger partial charge < -0.3 is 0 Å². The van der Waals surface area contributed by atoms with Gasteiger partial charge in [-0.25, -0.2) is 15.0 Å². The van der Waals surface area contributed by atoms with Crippen LogP contribution < -0.4 is 0 Å². The quantitative estimate of drug-likeness (QED) is 0.161. The highest BCUT2D eigenvalue weighted by Gasteiger charge is 2.45. The molecule has 2 fully saturated rings. The maximum atomic E-state index is 9.39. The number of hydrogen-bond donors (Lipinski definition) is 0. The number of hydrogen-bond acceptors (Lipinski definition) is 5. The van der Waals surface area contributed by atoms with Gasteiger partial charge in [-0.3, -0.25) is 0 Å². The predicted octanol–water partition coefficient (Wildman–Crippen LogP) is 13.9. The molecule has 2 saturated carbocycles. The summed E-state index contributed by atoms with van der Waals surface area (Å²) in [5.41, 5.74) is 12.1. The molecular weight excluding hydrogens is 743 g/mol. The van der Waals surface area contributed by atoms with Crippen LogP contribution >= 0.6 is 0 Å². The second-order valence-corrected chi connectivity index (χ2v) is 17.6. The molecular formula is C56H45N5. The van der Waals surface area contributed by atoms with Gasteiger partial charge in [0.1, 0.15) is 0 Å². The molecule has 0 amide bonds. The molecule has 10 rings (SSSR count). The van der Waals surface area contributed by atoms with Gasteiger partial charge >= 0.3 is 0 Å². The molecule has 2 bridgehead atoms. The highest BCUT2D eigenvalue weighted by molar-refractivity contribution is 6.04. The number of aromatic nitrogens is 3. The molecule has 5 heteroatoms. The minimum atomic E-state index is 0.293. The van der Waals surface area contributed by atoms with Crippen LogP contribution in [0.2, 0.25) is 0 Å². The Morgan fingerprint density at radius 1 is 0.443 bits per heavy atom. The van der Waals surface area contributed by atoms with Gasteiger partial charge in [0.2, 0.25) is 0 Å². The first-order valence-electron chi connectivity index (χ1n) is 21.5. The van der Waals surface area contributed by atoms with Crippen LogP contribution in [0.25, 0.3) is 78.3 Å². The Balaban J connectivity index is 1.08. The largest absolute Gasteiger partial charge is 0.208 e. The molecule has 2 aliphatic carbocycles. The summed E-state index contributed by atoms with van der Waals surface area (Å²) < 4.78 is 0.